The van der Waals surface area contributed by atoms with Crippen LogP contribution in [0.3, 0.4) is 0 Å². The molecule has 0 amide bonds. The molecule has 1 N–H and O–H groups in total. The molecule has 0 spiro atoms. The van der Waals surface area contributed by atoms with Crippen LogP contribution < -0.4 is 5.56 Å². The molecule has 15 heavy (non-hydrogen) atoms. The van der Waals surface area contributed by atoms with Gasteiger partial charge in [0.05, 0.1) is 0 Å². The highest BCUT2D eigenvalue weighted by molar-refractivity contribution is 5.85. The van der Waals surface area contributed by atoms with Crippen molar-refractivity contribution in [3.8, 4) is 0 Å². The fourth-order valence-electron chi connectivity index (χ4n) is 1.65. The van der Waals surface area contributed by atoms with Gasteiger partial charge in [0.25, 0.3) is 5.56 Å². The van der Waals surface area contributed by atoms with Crippen LogP contribution in [0.2, 0.25) is 0 Å². The summed E-state index contributed by atoms with van der Waals surface area (Å²) in [6, 6.07) is 1.08. The lowest BCUT2D eigenvalue weighted by Gasteiger charge is -2.16. The number of aryl methyl sites for hydroxylation is 1. The molecule has 2 rings (SSSR count). The largest absolute Gasteiger partial charge is 0.477 e. The summed E-state index contributed by atoms with van der Waals surface area (Å²) in [5, 5.41) is 8.70. The van der Waals surface area contributed by atoms with Gasteiger partial charge < -0.3 is 5.11 Å². The second-order valence-corrected chi connectivity index (χ2v) is 3.31. The van der Waals surface area contributed by atoms with Crippen molar-refractivity contribution >= 4 is 18.4 Å². The predicted octanol–water partition coefficient (Wildman–Crippen LogP) is 0.700. The Hall–Kier alpha value is -1.36. The molecule has 0 bridgehead atoms. The van der Waals surface area contributed by atoms with Crippen LogP contribution in [0.4, 0.5) is 0 Å². The second-order valence-electron chi connectivity index (χ2n) is 3.31. The lowest BCUT2D eigenvalue weighted by Crippen LogP contribution is -2.29. The van der Waals surface area contributed by atoms with E-state index in [-0.39, 0.29) is 23.7 Å². The first-order chi connectivity index (χ1) is 6.68. The van der Waals surface area contributed by atoms with Crippen LogP contribution in [0.5, 0.6) is 0 Å². The van der Waals surface area contributed by atoms with Crippen LogP contribution in [-0.2, 0) is 13.0 Å². The van der Waals surface area contributed by atoms with Crippen LogP contribution in [0.25, 0.3) is 0 Å². The van der Waals surface area contributed by atoms with Crippen molar-refractivity contribution in [3.63, 3.8) is 0 Å². The van der Waals surface area contributed by atoms with E-state index in [1.165, 1.54) is 0 Å². The third kappa shape index (κ3) is 2.18. The highest BCUT2D eigenvalue weighted by Crippen LogP contribution is 2.09. The summed E-state index contributed by atoms with van der Waals surface area (Å²) in [4.78, 5) is 26.0. The van der Waals surface area contributed by atoms with E-state index >= 15 is 0 Å². The molecule has 1 aliphatic heterocycles. The molecule has 2 heterocycles. The van der Waals surface area contributed by atoms with Gasteiger partial charge in [0, 0.05) is 19.0 Å². The van der Waals surface area contributed by atoms with Gasteiger partial charge in [0.15, 0.2) is 5.69 Å². The normalized spacial score (nSPS) is 13.9. The zero-order valence-electron chi connectivity index (χ0n) is 7.97. The molecule has 0 atom stereocenters. The Balaban J connectivity index is 0.00000112. The predicted molar refractivity (Wildman–Crippen MR) is 55.6 cm³/mol. The van der Waals surface area contributed by atoms with Crippen molar-refractivity contribution in [2.75, 3.05) is 0 Å². The number of hydrogen-bond donors (Lipinski definition) is 1. The molecule has 0 fully saturated rings. The maximum Gasteiger partial charge on any atom is 0.354 e. The minimum absolute atomic E-state index is 0. The number of carboxylic acids is 1. The summed E-state index contributed by atoms with van der Waals surface area (Å²) < 4.78 is 1.55. The fraction of sp³-hybridized carbons (Fsp3) is 0.444. The molecule has 0 saturated carbocycles. The van der Waals surface area contributed by atoms with Crippen molar-refractivity contribution < 1.29 is 9.90 Å². The van der Waals surface area contributed by atoms with Crippen LogP contribution in [0.1, 0.15) is 29.2 Å². The summed E-state index contributed by atoms with van der Waals surface area (Å²) in [5.74, 6) is -0.544. The summed E-state index contributed by atoms with van der Waals surface area (Å²) >= 11 is 0. The molecule has 0 aliphatic carbocycles. The first kappa shape index (κ1) is 11.7. The molecule has 0 saturated heterocycles. The van der Waals surface area contributed by atoms with E-state index < -0.39 is 5.97 Å². The van der Waals surface area contributed by atoms with Gasteiger partial charge in [-0.2, -0.15) is 0 Å². The van der Waals surface area contributed by atoms with E-state index in [2.05, 4.69) is 4.98 Å². The fourth-order valence-corrected chi connectivity index (χ4v) is 1.65. The number of carbonyl (C=O) groups is 1. The Bertz CT molecular complexity index is 441. The number of aromatic nitrogens is 2. The standard InChI is InChI=1S/C9H10N2O3.ClH/c12-8-5-6(9(13)14)10-7-3-1-2-4-11(7)8;/h5H,1-4H2,(H,13,14);1H. The number of fused-ring (bicyclic) bond motifs is 1. The number of aromatic carboxylic acids is 1. The van der Waals surface area contributed by atoms with Crippen LogP contribution in [0.15, 0.2) is 10.9 Å². The third-order valence-electron chi connectivity index (χ3n) is 2.34. The van der Waals surface area contributed by atoms with Gasteiger partial charge in [0.2, 0.25) is 0 Å². The average Bonchev–Trinajstić information content (AvgIpc) is 2.17. The van der Waals surface area contributed by atoms with E-state index in [0.29, 0.717) is 18.8 Å². The topological polar surface area (TPSA) is 72.2 Å². The summed E-state index contributed by atoms with van der Waals surface area (Å²) in [7, 11) is 0. The van der Waals surface area contributed by atoms with E-state index in [1.807, 2.05) is 0 Å². The van der Waals surface area contributed by atoms with Crippen molar-refractivity contribution in [3.05, 3.63) is 27.9 Å². The summed E-state index contributed by atoms with van der Waals surface area (Å²) in [5.41, 5.74) is -0.407. The van der Waals surface area contributed by atoms with Gasteiger partial charge in [-0.25, -0.2) is 9.78 Å². The van der Waals surface area contributed by atoms with Crippen LogP contribution in [-0.4, -0.2) is 20.6 Å². The SMILES string of the molecule is Cl.O=C(O)c1cc(=O)n2c(n1)CCCC2. The summed E-state index contributed by atoms with van der Waals surface area (Å²) in [6.45, 7) is 0.654. The first-order valence-electron chi connectivity index (χ1n) is 4.52. The number of halogens is 1. The molecule has 0 radical (unpaired) electrons. The third-order valence-corrected chi connectivity index (χ3v) is 2.34. The maximum atomic E-state index is 11.4. The van der Waals surface area contributed by atoms with Crippen LogP contribution in [0, 0.1) is 0 Å². The highest BCUT2D eigenvalue weighted by Gasteiger charge is 2.15. The minimum Gasteiger partial charge on any atom is -0.477 e. The van der Waals surface area contributed by atoms with E-state index in [9.17, 15) is 9.59 Å². The highest BCUT2D eigenvalue weighted by atomic mass is 35.5. The summed E-state index contributed by atoms with van der Waals surface area (Å²) in [6.07, 6.45) is 2.62. The maximum absolute atomic E-state index is 11.4. The molecule has 82 valence electrons. The molecule has 1 aromatic heterocycles. The minimum atomic E-state index is -1.14. The number of carboxylic acid groups (broad SMARTS) is 1. The zero-order valence-corrected chi connectivity index (χ0v) is 8.79. The van der Waals surface area contributed by atoms with Gasteiger partial charge in [-0.3, -0.25) is 9.36 Å². The first-order valence-corrected chi connectivity index (χ1v) is 4.52. The quantitative estimate of drug-likeness (QED) is 0.771. The molecule has 1 aliphatic rings. The Morgan fingerprint density at radius 2 is 2.20 bits per heavy atom. The molecule has 1 aromatic rings. The number of nitrogens with zero attached hydrogens (tertiary/aromatic N) is 2. The van der Waals surface area contributed by atoms with Gasteiger partial charge in [-0.05, 0) is 12.8 Å². The Morgan fingerprint density at radius 3 is 2.87 bits per heavy atom. The van der Waals surface area contributed by atoms with Gasteiger partial charge in [0.1, 0.15) is 5.82 Å². The Kier molecular flexibility index (Phi) is 3.47. The van der Waals surface area contributed by atoms with E-state index in [4.69, 9.17) is 5.11 Å². The van der Waals surface area contributed by atoms with E-state index in [0.717, 1.165) is 18.9 Å². The molecule has 5 nitrogen and oxygen atoms in total. The van der Waals surface area contributed by atoms with Gasteiger partial charge >= 0.3 is 5.97 Å². The van der Waals surface area contributed by atoms with Crippen molar-refractivity contribution in [2.24, 2.45) is 0 Å². The van der Waals surface area contributed by atoms with Crippen molar-refractivity contribution in [1.29, 1.82) is 0 Å². The second kappa shape index (κ2) is 4.44. The molecule has 0 aromatic carbocycles. The van der Waals surface area contributed by atoms with Crippen LogP contribution >= 0.6 is 12.4 Å². The number of hydrogen-bond acceptors (Lipinski definition) is 3. The molecular formula is C9H11ClN2O3. The smallest absolute Gasteiger partial charge is 0.354 e. The molecular weight excluding hydrogens is 220 g/mol. The Labute approximate surface area is 92.2 Å². The van der Waals surface area contributed by atoms with Gasteiger partial charge in [-0.15, -0.1) is 12.4 Å². The molecule has 6 heteroatoms. The lowest BCUT2D eigenvalue weighted by atomic mass is 10.1. The lowest BCUT2D eigenvalue weighted by molar-refractivity contribution is 0.0689. The van der Waals surface area contributed by atoms with E-state index in [1.54, 1.807) is 4.57 Å². The van der Waals surface area contributed by atoms with Crippen molar-refractivity contribution in [1.82, 2.24) is 9.55 Å². The van der Waals surface area contributed by atoms with Crippen molar-refractivity contribution in [2.45, 2.75) is 25.8 Å². The number of rotatable bonds is 1. The monoisotopic (exact) mass is 230 g/mol. The Morgan fingerprint density at radius 1 is 1.47 bits per heavy atom. The average molecular weight is 231 g/mol. The van der Waals surface area contributed by atoms with Gasteiger partial charge in [-0.1, -0.05) is 0 Å². The molecule has 0 unspecified atom stereocenters. The zero-order chi connectivity index (χ0) is 10.1.